The van der Waals surface area contributed by atoms with Crippen molar-refractivity contribution in [3.8, 4) is 5.75 Å². The number of hydrogen-bond acceptors (Lipinski definition) is 4. The number of para-hydroxylation sites is 1. The summed E-state index contributed by atoms with van der Waals surface area (Å²) in [6.45, 7) is 1.64. The number of hydrazone groups is 1. The van der Waals surface area contributed by atoms with Gasteiger partial charge in [-0.25, -0.2) is 5.43 Å². The Kier molecular flexibility index (Phi) is 7.00. The second kappa shape index (κ2) is 9.22. The average Bonchev–Trinajstić information content (AvgIpc) is 2.62. The van der Waals surface area contributed by atoms with Gasteiger partial charge in [0.15, 0.2) is 0 Å². The highest BCUT2D eigenvalue weighted by atomic mass is 35.5. The predicted octanol–water partition coefficient (Wildman–Crippen LogP) is 4.14. The van der Waals surface area contributed by atoms with Crippen molar-refractivity contribution in [1.82, 2.24) is 5.43 Å². The monoisotopic (exact) mass is 393 g/mol. The highest BCUT2D eigenvalue weighted by Gasteiger charge is 2.11. The van der Waals surface area contributed by atoms with E-state index in [2.05, 4.69) is 15.8 Å². The van der Waals surface area contributed by atoms with E-state index in [9.17, 15) is 9.59 Å². The number of carbonyl (C=O) groups excluding carboxylic acids is 2. The van der Waals surface area contributed by atoms with Crippen LogP contribution in [0.3, 0.4) is 0 Å². The van der Waals surface area contributed by atoms with E-state index >= 15 is 0 Å². The first-order valence-corrected chi connectivity index (χ1v) is 8.37. The normalized spacial score (nSPS) is 11.0. The molecule has 0 aliphatic heterocycles. The molecular weight excluding hydrogens is 377 g/mol. The minimum absolute atomic E-state index is 0.00640. The van der Waals surface area contributed by atoms with E-state index in [1.54, 1.807) is 49.4 Å². The van der Waals surface area contributed by atoms with Gasteiger partial charge >= 0.3 is 0 Å². The summed E-state index contributed by atoms with van der Waals surface area (Å²) in [6, 6.07) is 11.6. The number of benzene rings is 2. The van der Waals surface area contributed by atoms with E-state index < -0.39 is 5.91 Å². The van der Waals surface area contributed by atoms with Gasteiger partial charge in [-0.05, 0) is 37.3 Å². The van der Waals surface area contributed by atoms with E-state index in [1.807, 2.05) is 0 Å². The summed E-state index contributed by atoms with van der Waals surface area (Å²) in [5.74, 6) is -0.280. The van der Waals surface area contributed by atoms with Gasteiger partial charge in [-0.15, -0.1) is 0 Å². The molecule has 0 aliphatic rings. The van der Waals surface area contributed by atoms with Crippen LogP contribution < -0.4 is 15.5 Å². The molecular formula is C18H17Cl2N3O3. The Morgan fingerprint density at radius 1 is 1.12 bits per heavy atom. The molecule has 2 amide bonds. The summed E-state index contributed by atoms with van der Waals surface area (Å²) in [7, 11) is 1.48. The second-order valence-electron chi connectivity index (χ2n) is 5.34. The molecule has 0 atom stereocenters. The smallest absolute Gasteiger partial charge is 0.275 e. The standard InChI is InChI=1S/C18H17Cl2N3O3/c1-11(9-17(24)21-12-7-8-14(19)15(20)10-12)22-23-18(25)13-5-3-4-6-16(13)26-2/h3-8,10H,9H2,1-2H3,(H,21,24)(H,23,25)/b22-11-. The zero-order valence-electron chi connectivity index (χ0n) is 14.2. The third-order valence-corrected chi connectivity index (χ3v) is 4.06. The molecule has 2 rings (SSSR count). The Morgan fingerprint density at radius 2 is 1.85 bits per heavy atom. The summed E-state index contributed by atoms with van der Waals surface area (Å²) in [5, 5.41) is 7.38. The lowest BCUT2D eigenvalue weighted by atomic mass is 10.2. The van der Waals surface area contributed by atoms with Crippen molar-refractivity contribution >= 4 is 46.4 Å². The number of amides is 2. The lowest BCUT2D eigenvalue weighted by molar-refractivity contribution is -0.115. The van der Waals surface area contributed by atoms with Crippen LogP contribution in [0.4, 0.5) is 5.69 Å². The minimum atomic E-state index is -0.424. The maximum Gasteiger partial charge on any atom is 0.275 e. The van der Waals surface area contributed by atoms with Crippen LogP contribution >= 0.6 is 23.2 Å². The van der Waals surface area contributed by atoms with Gasteiger partial charge in [-0.1, -0.05) is 35.3 Å². The van der Waals surface area contributed by atoms with Gasteiger partial charge in [-0.3, -0.25) is 9.59 Å². The summed E-state index contributed by atoms with van der Waals surface area (Å²) in [6.07, 6.45) is 0.00640. The fraction of sp³-hybridized carbons (Fsp3) is 0.167. The molecule has 0 radical (unpaired) electrons. The number of nitrogens with one attached hydrogen (secondary N) is 2. The van der Waals surface area contributed by atoms with Gasteiger partial charge in [0.25, 0.3) is 5.91 Å². The molecule has 6 nitrogen and oxygen atoms in total. The van der Waals surface area contributed by atoms with Crippen molar-refractivity contribution in [3.63, 3.8) is 0 Å². The van der Waals surface area contributed by atoms with Gasteiger partial charge < -0.3 is 10.1 Å². The molecule has 2 aromatic rings. The van der Waals surface area contributed by atoms with Crippen LogP contribution in [-0.4, -0.2) is 24.6 Å². The number of anilines is 1. The predicted molar refractivity (Wildman–Crippen MR) is 103 cm³/mol. The van der Waals surface area contributed by atoms with E-state index in [0.717, 1.165) is 0 Å². The van der Waals surface area contributed by atoms with Crippen LogP contribution in [0.15, 0.2) is 47.6 Å². The highest BCUT2D eigenvalue weighted by Crippen LogP contribution is 2.25. The van der Waals surface area contributed by atoms with Gasteiger partial charge in [0.05, 0.1) is 29.1 Å². The van der Waals surface area contributed by atoms with Crippen molar-refractivity contribution in [1.29, 1.82) is 0 Å². The molecule has 0 aliphatic carbocycles. The average molecular weight is 394 g/mol. The molecule has 26 heavy (non-hydrogen) atoms. The van der Waals surface area contributed by atoms with Gasteiger partial charge in [-0.2, -0.15) is 5.10 Å². The Hall–Kier alpha value is -2.57. The third kappa shape index (κ3) is 5.47. The van der Waals surface area contributed by atoms with Crippen molar-refractivity contribution in [3.05, 3.63) is 58.1 Å². The summed E-state index contributed by atoms with van der Waals surface area (Å²) in [4.78, 5) is 24.2. The minimum Gasteiger partial charge on any atom is -0.496 e. The second-order valence-corrected chi connectivity index (χ2v) is 6.16. The van der Waals surface area contributed by atoms with Crippen molar-refractivity contribution in [2.24, 2.45) is 5.10 Å². The molecule has 0 spiro atoms. The number of carbonyl (C=O) groups is 2. The lowest BCUT2D eigenvalue weighted by Gasteiger charge is -2.08. The van der Waals surface area contributed by atoms with Gasteiger partial charge in [0.2, 0.25) is 5.91 Å². The SMILES string of the molecule is COc1ccccc1C(=O)N/N=C(/C)CC(=O)Nc1ccc(Cl)c(Cl)c1. The Balaban J connectivity index is 1.93. The van der Waals surface area contributed by atoms with Crippen molar-refractivity contribution < 1.29 is 14.3 Å². The lowest BCUT2D eigenvalue weighted by Crippen LogP contribution is -2.22. The number of halogens is 2. The largest absolute Gasteiger partial charge is 0.496 e. The van der Waals surface area contributed by atoms with Crippen LogP contribution in [0.1, 0.15) is 23.7 Å². The molecule has 2 aromatic carbocycles. The molecule has 2 N–H and O–H groups in total. The van der Waals surface area contributed by atoms with E-state index in [1.165, 1.54) is 7.11 Å². The van der Waals surface area contributed by atoms with Gasteiger partial charge in [0.1, 0.15) is 5.75 Å². The Morgan fingerprint density at radius 3 is 2.54 bits per heavy atom. The molecule has 0 saturated carbocycles. The van der Waals surface area contributed by atoms with E-state index in [4.69, 9.17) is 27.9 Å². The summed E-state index contributed by atoms with van der Waals surface area (Å²) < 4.78 is 5.13. The molecule has 0 bridgehead atoms. The molecule has 0 heterocycles. The fourth-order valence-electron chi connectivity index (χ4n) is 2.09. The molecule has 0 unspecified atom stereocenters. The fourth-order valence-corrected chi connectivity index (χ4v) is 2.39. The zero-order valence-corrected chi connectivity index (χ0v) is 15.7. The number of ether oxygens (including phenoxy) is 1. The first-order chi connectivity index (χ1) is 12.4. The Labute approximate surface area is 161 Å². The van der Waals surface area contributed by atoms with Crippen LogP contribution in [0.2, 0.25) is 10.0 Å². The quantitative estimate of drug-likeness (QED) is 0.571. The first-order valence-electron chi connectivity index (χ1n) is 7.62. The van der Waals surface area contributed by atoms with Crippen LogP contribution in [0.25, 0.3) is 0 Å². The number of methoxy groups -OCH3 is 1. The van der Waals surface area contributed by atoms with Crippen molar-refractivity contribution in [2.45, 2.75) is 13.3 Å². The molecule has 0 saturated heterocycles. The zero-order chi connectivity index (χ0) is 19.1. The number of hydrogen-bond donors (Lipinski definition) is 2. The third-order valence-electron chi connectivity index (χ3n) is 3.32. The maximum absolute atomic E-state index is 12.1. The molecule has 8 heteroatoms. The Bertz CT molecular complexity index is 853. The maximum atomic E-state index is 12.1. The highest BCUT2D eigenvalue weighted by molar-refractivity contribution is 6.42. The molecule has 136 valence electrons. The summed E-state index contributed by atoms with van der Waals surface area (Å²) >= 11 is 11.7. The van der Waals surface area contributed by atoms with E-state index in [-0.39, 0.29) is 12.3 Å². The molecule has 0 fully saturated rings. The number of rotatable bonds is 6. The van der Waals surface area contributed by atoms with Crippen LogP contribution in [-0.2, 0) is 4.79 Å². The van der Waals surface area contributed by atoms with Gasteiger partial charge in [0, 0.05) is 11.4 Å². The van der Waals surface area contributed by atoms with Crippen LogP contribution in [0.5, 0.6) is 5.75 Å². The van der Waals surface area contributed by atoms with Crippen LogP contribution in [0, 0.1) is 0 Å². The number of nitrogens with zero attached hydrogens (tertiary/aromatic N) is 1. The topological polar surface area (TPSA) is 79.8 Å². The summed E-state index contributed by atoms with van der Waals surface area (Å²) in [5.41, 5.74) is 3.72. The van der Waals surface area contributed by atoms with E-state index in [0.29, 0.717) is 32.8 Å². The molecule has 0 aromatic heterocycles. The van der Waals surface area contributed by atoms with Crippen molar-refractivity contribution in [2.75, 3.05) is 12.4 Å². The first kappa shape index (κ1) is 19.8.